The van der Waals surface area contributed by atoms with Crippen molar-refractivity contribution in [1.82, 2.24) is 10.6 Å². The summed E-state index contributed by atoms with van der Waals surface area (Å²) in [4.78, 5) is 73.0. The van der Waals surface area contributed by atoms with Crippen molar-refractivity contribution in [3.63, 3.8) is 0 Å². The fraction of sp³-hybridized carbons (Fsp3) is 0.348. The van der Waals surface area contributed by atoms with E-state index in [0.717, 1.165) is 24.3 Å². The molecule has 14 nitrogen and oxygen atoms in total. The Morgan fingerprint density at radius 1 is 0.721 bits per heavy atom. The van der Waals surface area contributed by atoms with Crippen LogP contribution in [0.15, 0.2) is 48.5 Å². The maximum absolute atomic E-state index is 14.0. The van der Waals surface area contributed by atoms with E-state index in [1.807, 2.05) is 0 Å². The number of carbonyl (C=O) groups excluding carboxylic acids is 3. The van der Waals surface area contributed by atoms with E-state index in [9.17, 15) is 41.1 Å². The van der Waals surface area contributed by atoms with Gasteiger partial charge in [0.05, 0.1) is 6.61 Å². The van der Waals surface area contributed by atoms with Crippen molar-refractivity contribution >= 4 is 32.9 Å². The number of primary amides is 1. The topological polar surface area (TPSA) is 263 Å². The van der Waals surface area contributed by atoms with Crippen molar-refractivity contribution in [3.8, 4) is 0 Å². The average molecular weight is 658 g/mol. The quantitative estimate of drug-likeness (QED) is 0.0940. The molecule has 3 atom stereocenters. The summed E-state index contributed by atoms with van der Waals surface area (Å²) in [5.74, 6) is -3.19. The molecule has 0 aliphatic rings. The molecular weight excluding hydrogens is 630 g/mol. The second-order valence-electron chi connectivity index (χ2n) is 9.29. The second-order valence-corrected chi connectivity index (χ2v) is 12.6. The van der Waals surface area contributed by atoms with Gasteiger partial charge in [0, 0.05) is 24.0 Å². The molecular formula is C23H28F4N4O10P2. The number of hydrogen-bond acceptors (Lipinski definition) is 7. The summed E-state index contributed by atoms with van der Waals surface area (Å²) in [6, 6.07) is 2.23. The zero-order valence-corrected chi connectivity index (χ0v) is 23.6. The summed E-state index contributed by atoms with van der Waals surface area (Å²) in [5, 5.41) is 13.6. The number of rotatable bonds is 14. The molecule has 2 aromatic rings. The lowest BCUT2D eigenvalue weighted by Crippen LogP contribution is -2.56. The van der Waals surface area contributed by atoms with Gasteiger partial charge >= 0.3 is 26.5 Å². The first-order valence-corrected chi connectivity index (χ1v) is 15.2. The van der Waals surface area contributed by atoms with E-state index in [1.165, 1.54) is 0 Å². The standard InChI is InChI=1S/C23H28F4N4O10P2/c24-22(25,42(36,37)38)14-5-1-12(2-6-14)9-17(19(29)33)30-21(35)18(31-20(34)16(28)11-32)10-13-3-7-15(8-4-13)23(26,27)43(39,40)41/h1-8,16-18,32H,9-11,28H2,(H2,29,33)(H,30,35)(H,31,34)(H2,36,37,38)(H2,39,40,41)/t16-,17-,18-/m0/s1. The number of halogens is 4. The predicted octanol–water partition coefficient (Wildman–Crippen LogP) is -0.300. The lowest BCUT2D eigenvalue weighted by Gasteiger charge is -2.24. The summed E-state index contributed by atoms with van der Waals surface area (Å²) in [7, 11) is -11.7. The summed E-state index contributed by atoms with van der Waals surface area (Å²) in [6.07, 6.45) is -0.832. The van der Waals surface area contributed by atoms with Crippen molar-refractivity contribution in [2.75, 3.05) is 6.61 Å². The van der Waals surface area contributed by atoms with Crippen LogP contribution in [0.1, 0.15) is 22.3 Å². The molecule has 11 N–H and O–H groups in total. The van der Waals surface area contributed by atoms with Gasteiger partial charge in [-0.05, 0) is 11.1 Å². The van der Waals surface area contributed by atoms with Gasteiger partial charge in [-0.1, -0.05) is 48.5 Å². The Hall–Kier alpha value is -3.21. The molecule has 0 aliphatic heterocycles. The zero-order chi connectivity index (χ0) is 33.0. The number of hydrogen-bond donors (Lipinski definition) is 9. The SMILES string of the molecule is NC(=O)[C@H](Cc1ccc(C(F)(F)P(=O)(O)O)cc1)NC(=O)[C@H](Cc1ccc(C(F)(F)P(=O)(O)O)cc1)NC(=O)[C@@H](N)CO. The highest BCUT2D eigenvalue weighted by Crippen LogP contribution is 2.60. The van der Waals surface area contributed by atoms with Crippen molar-refractivity contribution < 1.29 is 65.8 Å². The van der Waals surface area contributed by atoms with E-state index < -0.39 is 92.9 Å². The first-order valence-electron chi connectivity index (χ1n) is 11.9. The van der Waals surface area contributed by atoms with Gasteiger partial charge in [0.1, 0.15) is 18.1 Å². The van der Waals surface area contributed by atoms with Gasteiger partial charge < -0.3 is 46.8 Å². The first-order chi connectivity index (χ1) is 19.6. The van der Waals surface area contributed by atoms with Crippen LogP contribution in [0.4, 0.5) is 17.6 Å². The van der Waals surface area contributed by atoms with Crippen LogP contribution in [0, 0.1) is 0 Å². The van der Waals surface area contributed by atoms with Gasteiger partial charge in [-0.3, -0.25) is 23.5 Å². The first kappa shape index (κ1) is 36.0. The van der Waals surface area contributed by atoms with Gasteiger partial charge in [-0.2, -0.15) is 17.6 Å². The van der Waals surface area contributed by atoms with Crippen LogP contribution in [0.2, 0.25) is 0 Å². The molecule has 0 spiro atoms. The van der Waals surface area contributed by atoms with Crippen LogP contribution < -0.4 is 22.1 Å². The third-order valence-corrected chi connectivity index (χ3v) is 8.02. The molecule has 0 radical (unpaired) electrons. The molecule has 0 bridgehead atoms. The van der Waals surface area contributed by atoms with Crippen LogP contribution >= 0.6 is 15.2 Å². The van der Waals surface area contributed by atoms with Crippen LogP contribution in [0.25, 0.3) is 0 Å². The number of nitrogens with one attached hydrogen (secondary N) is 2. The summed E-state index contributed by atoms with van der Waals surface area (Å²) < 4.78 is 78.0. The molecule has 3 amide bonds. The Bertz CT molecular complexity index is 1420. The van der Waals surface area contributed by atoms with E-state index in [2.05, 4.69) is 10.6 Å². The number of benzene rings is 2. The second kappa shape index (κ2) is 13.6. The molecule has 0 fully saturated rings. The highest BCUT2D eigenvalue weighted by molar-refractivity contribution is 7.52. The van der Waals surface area contributed by atoms with Gasteiger partial charge in [0.2, 0.25) is 17.7 Å². The van der Waals surface area contributed by atoms with Crippen molar-refractivity contribution in [1.29, 1.82) is 0 Å². The Morgan fingerprint density at radius 2 is 1.07 bits per heavy atom. The van der Waals surface area contributed by atoms with Crippen molar-refractivity contribution in [2.45, 2.75) is 42.3 Å². The largest absolute Gasteiger partial charge is 0.399 e. The van der Waals surface area contributed by atoms with Gasteiger partial charge in [0.15, 0.2) is 0 Å². The van der Waals surface area contributed by atoms with E-state index in [4.69, 9.17) is 36.1 Å². The fourth-order valence-corrected chi connectivity index (χ4v) is 4.53. The van der Waals surface area contributed by atoms with Crippen molar-refractivity contribution in [3.05, 3.63) is 70.8 Å². The maximum Gasteiger partial charge on any atom is 0.399 e. The van der Waals surface area contributed by atoms with Gasteiger partial charge in [0.25, 0.3) is 0 Å². The van der Waals surface area contributed by atoms with Crippen LogP contribution in [-0.4, -0.2) is 67.1 Å². The molecule has 43 heavy (non-hydrogen) atoms. The predicted molar refractivity (Wildman–Crippen MR) is 140 cm³/mol. The van der Waals surface area contributed by atoms with Crippen molar-refractivity contribution in [2.24, 2.45) is 11.5 Å². The molecule has 0 unspecified atom stereocenters. The molecule has 2 aromatic carbocycles. The zero-order valence-electron chi connectivity index (χ0n) is 21.8. The van der Waals surface area contributed by atoms with Crippen LogP contribution in [0.5, 0.6) is 0 Å². The van der Waals surface area contributed by atoms with E-state index in [0.29, 0.717) is 24.3 Å². The minimum atomic E-state index is -5.86. The lowest BCUT2D eigenvalue weighted by atomic mass is 10.0. The van der Waals surface area contributed by atoms with Crippen LogP contribution in [0.3, 0.4) is 0 Å². The lowest BCUT2D eigenvalue weighted by molar-refractivity contribution is -0.132. The molecule has 0 saturated carbocycles. The number of alkyl halides is 4. The Morgan fingerprint density at radius 3 is 1.40 bits per heavy atom. The molecule has 0 saturated heterocycles. The number of carbonyl (C=O) groups is 3. The smallest absolute Gasteiger partial charge is 0.394 e. The van der Waals surface area contributed by atoms with Gasteiger partial charge in [-0.25, -0.2) is 0 Å². The Balaban J connectivity index is 2.29. The number of aliphatic hydroxyl groups is 1. The highest BCUT2D eigenvalue weighted by Gasteiger charge is 2.51. The average Bonchev–Trinajstić information content (AvgIpc) is 2.91. The third-order valence-electron chi connectivity index (χ3n) is 6.04. The van der Waals surface area contributed by atoms with E-state index in [1.54, 1.807) is 0 Å². The van der Waals surface area contributed by atoms with Gasteiger partial charge in [-0.15, -0.1) is 0 Å². The summed E-state index contributed by atoms with van der Waals surface area (Å²) >= 11 is 0. The fourth-order valence-electron chi connectivity index (χ4n) is 3.56. The molecule has 238 valence electrons. The molecule has 0 aliphatic carbocycles. The minimum absolute atomic E-state index is 0.0977. The number of aliphatic hydroxyl groups excluding tert-OH is 1. The molecule has 20 heteroatoms. The molecule has 0 aromatic heterocycles. The van der Waals surface area contributed by atoms with E-state index in [-0.39, 0.29) is 11.1 Å². The third kappa shape index (κ3) is 8.90. The van der Waals surface area contributed by atoms with E-state index >= 15 is 0 Å². The number of amides is 3. The summed E-state index contributed by atoms with van der Waals surface area (Å²) in [5.41, 5.74) is -0.0165. The normalized spacial score (nSPS) is 14.8. The Labute approximate surface area is 240 Å². The molecule has 2 rings (SSSR count). The maximum atomic E-state index is 14.0. The number of nitrogens with two attached hydrogens (primary N) is 2. The highest BCUT2D eigenvalue weighted by atomic mass is 31.2. The molecule has 0 heterocycles. The summed E-state index contributed by atoms with van der Waals surface area (Å²) in [6.45, 7) is -0.826. The Kier molecular flexibility index (Phi) is 11.4. The monoisotopic (exact) mass is 658 g/mol. The minimum Gasteiger partial charge on any atom is -0.394 e. The van der Waals surface area contributed by atoms with Crippen LogP contribution in [-0.2, 0) is 47.7 Å².